The summed E-state index contributed by atoms with van der Waals surface area (Å²) < 4.78 is 43.8. The maximum absolute atomic E-state index is 12.0. The number of benzene rings is 1. The number of ether oxygens (including phenoxy) is 1. The van der Waals surface area contributed by atoms with E-state index in [1.165, 1.54) is 23.7 Å². The molecule has 2 aromatic rings. The number of aromatic nitrogens is 2. The molecule has 0 amide bonds. The van der Waals surface area contributed by atoms with Crippen molar-refractivity contribution in [1.82, 2.24) is 14.9 Å². The van der Waals surface area contributed by atoms with Crippen molar-refractivity contribution in [1.29, 1.82) is 0 Å². The minimum atomic E-state index is -4.67. The lowest BCUT2D eigenvalue weighted by Gasteiger charge is -2.14. The van der Waals surface area contributed by atoms with Gasteiger partial charge in [0.05, 0.1) is 11.7 Å². The van der Waals surface area contributed by atoms with E-state index in [2.05, 4.69) is 19.6 Å². The minimum Gasteiger partial charge on any atom is -0.406 e. The molecule has 0 aliphatic rings. The quantitative estimate of drug-likeness (QED) is 0.922. The van der Waals surface area contributed by atoms with Gasteiger partial charge >= 0.3 is 6.36 Å². The van der Waals surface area contributed by atoms with Gasteiger partial charge in [-0.2, -0.15) is 0 Å². The fourth-order valence-corrected chi connectivity index (χ4v) is 2.25. The molecule has 1 heterocycles. The Kier molecular flexibility index (Phi) is 4.56. The van der Waals surface area contributed by atoms with E-state index < -0.39 is 6.36 Å². The molecule has 1 unspecified atom stereocenters. The number of nitrogens with zero attached hydrogens (tertiary/aromatic N) is 2. The molecule has 8 heteroatoms. The highest BCUT2D eigenvalue weighted by molar-refractivity contribution is 7.03. The van der Waals surface area contributed by atoms with Crippen LogP contribution in [0, 0.1) is 0 Å². The molecule has 0 bridgehead atoms. The van der Waals surface area contributed by atoms with E-state index in [1.807, 2.05) is 5.38 Å². The Balaban J connectivity index is 2.03. The van der Waals surface area contributed by atoms with E-state index in [-0.39, 0.29) is 11.8 Å². The summed E-state index contributed by atoms with van der Waals surface area (Å²) in [5.41, 5.74) is 1.69. The maximum Gasteiger partial charge on any atom is 0.573 e. The van der Waals surface area contributed by atoms with Crippen LogP contribution >= 0.6 is 11.5 Å². The lowest BCUT2D eigenvalue weighted by atomic mass is 10.0. The molecule has 4 nitrogen and oxygen atoms in total. The van der Waals surface area contributed by atoms with E-state index in [0.29, 0.717) is 6.42 Å². The van der Waals surface area contributed by atoms with Gasteiger partial charge in [-0.3, -0.25) is 0 Å². The minimum absolute atomic E-state index is 0.0249. The first-order chi connectivity index (χ1) is 9.48. The summed E-state index contributed by atoms with van der Waals surface area (Å²) in [7, 11) is 1.80. The molecule has 1 aromatic carbocycles. The molecule has 0 saturated heterocycles. The molecule has 0 spiro atoms. The van der Waals surface area contributed by atoms with Crippen LogP contribution in [0.25, 0.3) is 0 Å². The second kappa shape index (κ2) is 6.19. The van der Waals surface area contributed by atoms with E-state index >= 15 is 0 Å². The second-order valence-electron chi connectivity index (χ2n) is 4.07. The largest absolute Gasteiger partial charge is 0.573 e. The smallest absolute Gasteiger partial charge is 0.406 e. The molecular weight excluding hydrogens is 291 g/mol. The van der Waals surface area contributed by atoms with Crippen LogP contribution in [0.15, 0.2) is 29.6 Å². The Hall–Kier alpha value is -1.67. The lowest BCUT2D eigenvalue weighted by molar-refractivity contribution is -0.274. The van der Waals surface area contributed by atoms with Crippen LogP contribution < -0.4 is 10.1 Å². The molecule has 0 fully saturated rings. The number of rotatable bonds is 5. The van der Waals surface area contributed by atoms with Gasteiger partial charge < -0.3 is 10.1 Å². The first-order valence-electron chi connectivity index (χ1n) is 5.77. The van der Waals surface area contributed by atoms with Crippen molar-refractivity contribution in [3.63, 3.8) is 0 Å². The molecule has 0 saturated carbocycles. The predicted octanol–water partition coefficient (Wildman–Crippen LogP) is 2.94. The van der Waals surface area contributed by atoms with Crippen LogP contribution in [0.1, 0.15) is 17.3 Å². The lowest BCUT2D eigenvalue weighted by Crippen LogP contribution is -2.19. The third kappa shape index (κ3) is 4.17. The highest BCUT2D eigenvalue weighted by Crippen LogP contribution is 2.24. The van der Waals surface area contributed by atoms with Crippen LogP contribution in [-0.2, 0) is 6.42 Å². The van der Waals surface area contributed by atoms with Gasteiger partial charge in [-0.1, -0.05) is 16.6 Å². The molecule has 1 aromatic heterocycles. The topological polar surface area (TPSA) is 47.0 Å². The monoisotopic (exact) mass is 303 g/mol. The summed E-state index contributed by atoms with van der Waals surface area (Å²) in [4.78, 5) is 0. The zero-order valence-electron chi connectivity index (χ0n) is 10.5. The third-order valence-electron chi connectivity index (χ3n) is 2.68. The first-order valence-corrected chi connectivity index (χ1v) is 6.60. The van der Waals surface area contributed by atoms with Gasteiger partial charge in [-0.05, 0) is 42.7 Å². The second-order valence-corrected chi connectivity index (χ2v) is 4.68. The summed E-state index contributed by atoms with van der Waals surface area (Å²) in [6, 6.07) is 5.78. The molecule has 1 atom stereocenters. The summed E-state index contributed by atoms with van der Waals surface area (Å²) in [5, 5.41) is 8.92. The van der Waals surface area contributed by atoms with Crippen LogP contribution in [0.5, 0.6) is 5.75 Å². The van der Waals surface area contributed by atoms with Crippen molar-refractivity contribution < 1.29 is 17.9 Å². The van der Waals surface area contributed by atoms with Crippen molar-refractivity contribution in [3.8, 4) is 5.75 Å². The number of alkyl halides is 3. The summed E-state index contributed by atoms with van der Waals surface area (Å²) in [5.74, 6) is -0.224. The zero-order valence-corrected chi connectivity index (χ0v) is 11.3. The molecule has 108 valence electrons. The van der Waals surface area contributed by atoms with E-state index in [1.54, 1.807) is 19.2 Å². The molecule has 0 aliphatic carbocycles. The van der Waals surface area contributed by atoms with Crippen LogP contribution in [0.4, 0.5) is 13.2 Å². The van der Waals surface area contributed by atoms with Crippen molar-refractivity contribution in [2.75, 3.05) is 7.05 Å². The van der Waals surface area contributed by atoms with Gasteiger partial charge in [-0.25, -0.2) is 0 Å². The number of hydrogen-bond donors (Lipinski definition) is 1. The average molecular weight is 303 g/mol. The zero-order chi connectivity index (χ0) is 14.6. The number of nitrogens with one attached hydrogen (secondary N) is 1. The Morgan fingerprint density at radius 2 is 2.00 bits per heavy atom. The van der Waals surface area contributed by atoms with Crippen molar-refractivity contribution in [2.45, 2.75) is 18.8 Å². The molecule has 1 N–H and O–H groups in total. The first kappa shape index (κ1) is 14.7. The van der Waals surface area contributed by atoms with Gasteiger partial charge in [0.1, 0.15) is 5.75 Å². The SMILES string of the molecule is CNC(Cc1ccc(OC(F)(F)F)cc1)c1csnn1. The van der Waals surface area contributed by atoms with Gasteiger partial charge in [0.2, 0.25) is 0 Å². The fourth-order valence-electron chi connectivity index (χ4n) is 1.74. The van der Waals surface area contributed by atoms with E-state index in [4.69, 9.17) is 0 Å². The molecule has 0 radical (unpaired) electrons. The number of halogens is 3. The van der Waals surface area contributed by atoms with E-state index in [9.17, 15) is 13.2 Å². The Morgan fingerprint density at radius 3 is 2.50 bits per heavy atom. The molecule has 0 aliphatic heterocycles. The number of hydrogen-bond acceptors (Lipinski definition) is 5. The van der Waals surface area contributed by atoms with Gasteiger partial charge in [0.15, 0.2) is 0 Å². The Morgan fingerprint density at radius 1 is 1.30 bits per heavy atom. The summed E-state index contributed by atoms with van der Waals surface area (Å²) >= 11 is 1.26. The van der Waals surface area contributed by atoms with Gasteiger partial charge in [0, 0.05) is 5.38 Å². The van der Waals surface area contributed by atoms with Gasteiger partial charge in [-0.15, -0.1) is 18.3 Å². The Labute approximate surface area is 117 Å². The maximum atomic E-state index is 12.0. The molecule has 2 rings (SSSR count). The van der Waals surface area contributed by atoms with Gasteiger partial charge in [0.25, 0.3) is 0 Å². The summed E-state index contributed by atoms with van der Waals surface area (Å²) in [6.45, 7) is 0. The van der Waals surface area contributed by atoms with Crippen molar-refractivity contribution in [3.05, 3.63) is 40.9 Å². The average Bonchev–Trinajstić information content (AvgIpc) is 2.90. The highest BCUT2D eigenvalue weighted by Gasteiger charge is 2.30. The summed E-state index contributed by atoms with van der Waals surface area (Å²) in [6.07, 6.45) is -4.06. The molecular formula is C12H12F3N3OS. The molecule has 20 heavy (non-hydrogen) atoms. The van der Waals surface area contributed by atoms with Crippen molar-refractivity contribution in [2.24, 2.45) is 0 Å². The fraction of sp³-hybridized carbons (Fsp3) is 0.333. The van der Waals surface area contributed by atoms with Crippen molar-refractivity contribution >= 4 is 11.5 Å². The highest BCUT2D eigenvalue weighted by atomic mass is 32.1. The van der Waals surface area contributed by atoms with E-state index in [0.717, 1.165) is 11.3 Å². The third-order valence-corrected chi connectivity index (χ3v) is 3.20. The Bertz CT molecular complexity index is 528. The van der Waals surface area contributed by atoms with Crippen LogP contribution in [0.2, 0.25) is 0 Å². The standard InChI is InChI=1S/C12H12F3N3OS/c1-16-10(11-7-20-18-17-11)6-8-2-4-9(5-3-8)19-12(13,14)15/h2-5,7,10,16H,6H2,1H3. The predicted molar refractivity (Wildman–Crippen MR) is 68.5 cm³/mol. The van der Waals surface area contributed by atoms with Crippen LogP contribution in [0.3, 0.4) is 0 Å². The normalized spacial score (nSPS) is 13.2. The number of likely N-dealkylation sites (N-methyl/N-ethyl adjacent to an activating group) is 1. The van der Waals surface area contributed by atoms with Crippen LogP contribution in [-0.4, -0.2) is 23.0 Å².